The fourth-order valence-corrected chi connectivity index (χ4v) is 2.84. The Bertz CT molecular complexity index is 553. The van der Waals surface area contributed by atoms with Gasteiger partial charge in [-0.25, -0.2) is 0 Å². The molecular formula is C17H25N3O2. The van der Waals surface area contributed by atoms with Crippen molar-refractivity contribution in [3.05, 3.63) is 29.3 Å². The van der Waals surface area contributed by atoms with Crippen LogP contribution in [-0.2, 0) is 11.2 Å². The minimum absolute atomic E-state index is 0.0452. The standard InChI is InChI=1S/C17H25N3O2/c1-4-19(5-2)11-9-18-17(22)15-6-7-16-14(12-15)8-10-20(16)13(3)21/h6-7,12H,4-5,8-11H2,1-3H3,(H,18,22). The van der Waals surface area contributed by atoms with Crippen LogP contribution in [-0.4, -0.2) is 49.4 Å². The molecular weight excluding hydrogens is 278 g/mol. The van der Waals surface area contributed by atoms with Crippen molar-refractivity contribution in [2.75, 3.05) is 37.6 Å². The Morgan fingerprint density at radius 3 is 2.64 bits per heavy atom. The number of benzene rings is 1. The number of nitrogens with one attached hydrogen (secondary N) is 1. The number of anilines is 1. The first kappa shape index (κ1) is 16.5. The maximum Gasteiger partial charge on any atom is 0.251 e. The van der Waals surface area contributed by atoms with Gasteiger partial charge >= 0.3 is 0 Å². The lowest BCUT2D eigenvalue weighted by atomic mass is 10.1. The highest BCUT2D eigenvalue weighted by Gasteiger charge is 2.23. The molecule has 5 nitrogen and oxygen atoms in total. The average molecular weight is 303 g/mol. The second-order valence-electron chi connectivity index (χ2n) is 5.55. The number of carbonyl (C=O) groups excluding carboxylic acids is 2. The zero-order valence-corrected chi connectivity index (χ0v) is 13.7. The molecule has 0 radical (unpaired) electrons. The molecule has 1 aromatic carbocycles. The first-order valence-electron chi connectivity index (χ1n) is 7.98. The van der Waals surface area contributed by atoms with E-state index in [1.807, 2.05) is 12.1 Å². The highest BCUT2D eigenvalue weighted by atomic mass is 16.2. The van der Waals surface area contributed by atoms with Crippen LogP contribution in [0.2, 0.25) is 0 Å². The normalized spacial score (nSPS) is 13.4. The van der Waals surface area contributed by atoms with Crippen molar-refractivity contribution in [3.8, 4) is 0 Å². The zero-order valence-electron chi connectivity index (χ0n) is 13.7. The molecule has 1 aliphatic heterocycles. The summed E-state index contributed by atoms with van der Waals surface area (Å²) in [6, 6.07) is 5.58. The molecule has 0 atom stereocenters. The summed E-state index contributed by atoms with van der Waals surface area (Å²) < 4.78 is 0. The molecule has 0 unspecified atom stereocenters. The number of fused-ring (bicyclic) bond motifs is 1. The molecule has 2 amide bonds. The summed E-state index contributed by atoms with van der Waals surface area (Å²) in [4.78, 5) is 27.8. The number of nitrogens with zero attached hydrogens (tertiary/aromatic N) is 2. The van der Waals surface area contributed by atoms with E-state index < -0.39 is 0 Å². The van der Waals surface area contributed by atoms with Crippen LogP contribution in [0.1, 0.15) is 36.7 Å². The van der Waals surface area contributed by atoms with Crippen LogP contribution in [0.25, 0.3) is 0 Å². The summed E-state index contributed by atoms with van der Waals surface area (Å²) in [5.41, 5.74) is 2.68. The maximum absolute atomic E-state index is 12.2. The summed E-state index contributed by atoms with van der Waals surface area (Å²) in [5, 5.41) is 2.96. The summed E-state index contributed by atoms with van der Waals surface area (Å²) in [7, 11) is 0. The predicted molar refractivity (Wildman–Crippen MR) is 88.3 cm³/mol. The topological polar surface area (TPSA) is 52.7 Å². The van der Waals surface area contributed by atoms with E-state index in [0.29, 0.717) is 18.7 Å². The molecule has 1 aliphatic rings. The second-order valence-corrected chi connectivity index (χ2v) is 5.55. The Morgan fingerprint density at radius 2 is 2.00 bits per heavy atom. The van der Waals surface area contributed by atoms with Crippen LogP contribution in [0, 0.1) is 0 Å². The molecule has 0 aliphatic carbocycles. The van der Waals surface area contributed by atoms with Crippen molar-refractivity contribution >= 4 is 17.5 Å². The predicted octanol–water partition coefficient (Wildman–Crippen LogP) is 1.67. The van der Waals surface area contributed by atoms with E-state index >= 15 is 0 Å². The van der Waals surface area contributed by atoms with Gasteiger partial charge in [-0.05, 0) is 43.3 Å². The fraction of sp³-hybridized carbons (Fsp3) is 0.529. The smallest absolute Gasteiger partial charge is 0.251 e. The van der Waals surface area contributed by atoms with Crippen LogP contribution in [0.5, 0.6) is 0 Å². The molecule has 1 aromatic rings. The molecule has 1 N–H and O–H groups in total. The third-order valence-electron chi connectivity index (χ3n) is 4.23. The van der Waals surface area contributed by atoms with Gasteiger partial charge in [0.05, 0.1) is 0 Å². The lowest BCUT2D eigenvalue weighted by Crippen LogP contribution is -2.34. The molecule has 22 heavy (non-hydrogen) atoms. The number of rotatable bonds is 6. The molecule has 0 saturated heterocycles. The van der Waals surface area contributed by atoms with Gasteiger partial charge in [-0.1, -0.05) is 13.8 Å². The van der Waals surface area contributed by atoms with E-state index in [4.69, 9.17) is 0 Å². The SMILES string of the molecule is CCN(CC)CCNC(=O)c1ccc2c(c1)CCN2C(C)=O. The van der Waals surface area contributed by atoms with Gasteiger partial charge in [0, 0.05) is 37.8 Å². The monoisotopic (exact) mass is 303 g/mol. The first-order chi connectivity index (χ1) is 10.6. The van der Waals surface area contributed by atoms with Gasteiger partial charge in [0.15, 0.2) is 0 Å². The maximum atomic E-state index is 12.2. The average Bonchev–Trinajstić information content (AvgIpc) is 2.94. The minimum atomic E-state index is -0.0452. The van der Waals surface area contributed by atoms with Gasteiger partial charge in [-0.2, -0.15) is 0 Å². The number of hydrogen-bond acceptors (Lipinski definition) is 3. The lowest BCUT2D eigenvalue weighted by molar-refractivity contribution is -0.116. The number of likely N-dealkylation sites (N-methyl/N-ethyl adjacent to an activating group) is 1. The zero-order chi connectivity index (χ0) is 16.1. The van der Waals surface area contributed by atoms with Crippen LogP contribution in [0.3, 0.4) is 0 Å². The molecule has 0 spiro atoms. The highest BCUT2D eigenvalue weighted by molar-refractivity contribution is 5.97. The number of amides is 2. The Labute approximate surface area is 132 Å². The summed E-state index contributed by atoms with van der Waals surface area (Å²) in [5.74, 6) is 0.00593. The third-order valence-corrected chi connectivity index (χ3v) is 4.23. The van der Waals surface area contributed by atoms with Crippen LogP contribution in [0.4, 0.5) is 5.69 Å². The van der Waals surface area contributed by atoms with E-state index in [-0.39, 0.29) is 11.8 Å². The van der Waals surface area contributed by atoms with Gasteiger partial charge < -0.3 is 15.1 Å². The van der Waals surface area contributed by atoms with Gasteiger partial charge in [0.25, 0.3) is 5.91 Å². The van der Waals surface area contributed by atoms with E-state index in [1.54, 1.807) is 17.9 Å². The van der Waals surface area contributed by atoms with E-state index in [0.717, 1.165) is 37.3 Å². The molecule has 5 heteroatoms. The summed E-state index contributed by atoms with van der Waals surface area (Å²) in [6.45, 7) is 10.0. The summed E-state index contributed by atoms with van der Waals surface area (Å²) >= 11 is 0. The Morgan fingerprint density at radius 1 is 1.27 bits per heavy atom. The van der Waals surface area contributed by atoms with Crippen LogP contribution < -0.4 is 10.2 Å². The number of hydrogen-bond donors (Lipinski definition) is 1. The second kappa shape index (κ2) is 7.40. The Kier molecular flexibility index (Phi) is 5.55. The van der Waals surface area contributed by atoms with Crippen LogP contribution >= 0.6 is 0 Å². The van der Waals surface area contributed by atoms with E-state index in [2.05, 4.69) is 24.1 Å². The third kappa shape index (κ3) is 3.65. The highest BCUT2D eigenvalue weighted by Crippen LogP contribution is 2.28. The number of carbonyl (C=O) groups is 2. The van der Waals surface area contributed by atoms with E-state index in [1.165, 1.54) is 0 Å². The molecule has 0 saturated carbocycles. The Hall–Kier alpha value is -1.88. The molecule has 120 valence electrons. The van der Waals surface area contributed by atoms with Crippen molar-refractivity contribution in [2.24, 2.45) is 0 Å². The van der Waals surface area contributed by atoms with Gasteiger partial charge in [-0.3, -0.25) is 9.59 Å². The van der Waals surface area contributed by atoms with Crippen molar-refractivity contribution in [3.63, 3.8) is 0 Å². The van der Waals surface area contributed by atoms with E-state index in [9.17, 15) is 9.59 Å². The van der Waals surface area contributed by atoms with Crippen molar-refractivity contribution in [1.82, 2.24) is 10.2 Å². The van der Waals surface area contributed by atoms with Gasteiger partial charge in [0.1, 0.15) is 0 Å². The quantitative estimate of drug-likeness (QED) is 0.870. The Balaban J connectivity index is 1.96. The van der Waals surface area contributed by atoms with Crippen LogP contribution in [0.15, 0.2) is 18.2 Å². The van der Waals surface area contributed by atoms with Crippen molar-refractivity contribution in [1.29, 1.82) is 0 Å². The largest absolute Gasteiger partial charge is 0.351 e. The molecule has 2 rings (SSSR count). The first-order valence-corrected chi connectivity index (χ1v) is 7.98. The fourth-order valence-electron chi connectivity index (χ4n) is 2.84. The van der Waals surface area contributed by atoms with Crippen molar-refractivity contribution in [2.45, 2.75) is 27.2 Å². The molecule has 0 aromatic heterocycles. The lowest BCUT2D eigenvalue weighted by Gasteiger charge is -2.18. The molecule has 1 heterocycles. The van der Waals surface area contributed by atoms with Crippen molar-refractivity contribution < 1.29 is 9.59 Å². The van der Waals surface area contributed by atoms with Gasteiger partial charge in [0.2, 0.25) is 5.91 Å². The van der Waals surface area contributed by atoms with Gasteiger partial charge in [-0.15, -0.1) is 0 Å². The summed E-state index contributed by atoms with van der Waals surface area (Å²) in [6.07, 6.45) is 0.815. The molecule has 0 bridgehead atoms. The minimum Gasteiger partial charge on any atom is -0.351 e. The molecule has 0 fully saturated rings.